The lowest BCUT2D eigenvalue weighted by atomic mass is 10.1. The number of halogens is 3. The third-order valence-corrected chi connectivity index (χ3v) is 2.94. The highest BCUT2D eigenvalue weighted by atomic mass is 19.2. The van der Waals surface area contributed by atoms with E-state index < -0.39 is 17.5 Å². The molecule has 1 nitrogen and oxygen atoms in total. The first-order valence-electron chi connectivity index (χ1n) is 4.93. The van der Waals surface area contributed by atoms with Crippen LogP contribution in [0.3, 0.4) is 0 Å². The number of benzene rings is 2. The molecule has 4 heteroatoms. The summed E-state index contributed by atoms with van der Waals surface area (Å²) in [5.74, 6) is -3.58. The molecule has 0 amide bonds. The molecule has 1 aliphatic carbocycles. The van der Waals surface area contributed by atoms with Gasteiger partial charge in [0.05, 0.1) is 0 Å². The van der Waals surface area contributed by atoms with Gasteiger partial charge in [-0.05, 0) is 22.8 Å². The monoisotopic (exact) mass is 238 g/mol. The molecule has 1 aliphatic rings. The Morgan fingerprint density at radius 3 is 2.35 bits per heavy atom. The van der Waals surface area contributed by atoms with Crippen LogP contribution < -0.4 is 0 Å². The number of rotatable bonds is 0. The minimum Gasteiger partial charge on any atom is -0.412 e. The van der Waals surface area contributed by atoms with Crippen LogP contribution in [0, 0.1) is 17.5 Å². The van der Waals surface area contributed by atoms with Gasteiger partial charge in [-0.3, -0.25) is 0 Å². The standard InChI is InChI=1S/C13H7F3.H2O/c14-11-6-9-8-4-2-1-3-7(8)5-10(9)12(15)13(11)16;/h1-4,6H,5H2;1H2. The molecule has 0 saturated heterocycles. The fraction of sp³-hybridized carbons (Fsp3) is 0.0769. The highest BCUT2D eigenvalue weighted by Gasteiger charge is 2.25. The van der Waals surface area contributed by atoms with E-state index in [2.05, 4.69) is 0 Å². The van der Waals surface area contributed by atoms with Gasteiger partial charge in [0.25, 0.3) is 0 Å². The van der Waals surface area contributed by atoms with Crippen LogP contribution in [0.1, 0.15) is 11.1 Å². The molecule has 0 bridgehead atoms. The zero-order valence-corrected chi connectivity index (χ0v) is 8.73. The number of hydrogen-bond donors (Lipinski definition) is 0. The van der Waals surface area contributed by atoms with Crippen molar-refractivity contribution in [3.8, 4) is 11.1 Å². The van der Waals surface area contributed by atoms with Gasteiger partial charge < -0.3 is 5.48 Å². The van der Waals surface area contributed by atoms with E-state index >= 15 is 0 Å². The van der Waals surface area contributed by atoms with Crippen LogP contribution in [0.4, 0.5) is 13.2 Å². The Kier molecular flexibility index (Phi) is 2.67. The molecule has 88 valence electrons. The van der Waals surface area contributed by atoms with E-state index in [1.807, 2.05) is 12.1 Å². The van der Waals surface area contributed by atoms with Crippen LogP contribution in [-0.4, -0.2) is 5.48 Å². The molecule has 0 unspecified atom stereocenters. The highest BCUT2D eigenvalue weighted by molar-refractivity contribution is 5.76. The van der Waals surface area contributed by atoms with Gasteiger partial charge in [-0.1, -0.05) is 24.3 Å². The molecule has 3 rings (SSSR count). The van der Waals surface area contributed by atoms with Crippen molar-refractivity contribution in [2.24, 2.45) is 0 Å². The van der Waals surface area contributed by atoms with E-state index in [0.29, 0.717) is 12.0 Å². The van der Waals surface area contributed by atoms with Crippen molar-refractivity contribution in [2.45, 2.75) is 6.42 Å². The van der Waals surface area contributed by atoms with Crippen LogP contribution in [0.25, 0.3) is 11.1 Å². The van der Waals surface area contributed by atoms with Crippen molar-refractivity contribution in [1.82, 2.24) is 0 Å². The second kappa shape index (κ2) is 3.89. The summed E-state index contributed by atoms with van der Waals surface area (Å²) >= 11 is 0. The van der Waals surface area contributed by atoms with Crippen molar-refractivity contribution >= 4 is 0 Å². The van der Waals surface area contributed by atoms with Crippen LogP contribution in [0.2, 0.25) is 0 Å². The molecule has 0 fully saturated rings. The normalized spacial score (nSPS) is 11.7. The van der Waals surface area contributed by atoms with Gasteiger partial charge in [0.15, 0.2) is 17.5 Å². The molecular weight excluding hydrogens is 229 g/mol. The van der Waals surface area contributed by atoms with Gasteiger partial charge in [0.2, 0.25) is 0 Å². The first-order valence-corrected chi connectivity index (χ1v) is 4.93. The van der Waals surface area contributed by atoms with Gasteiger partial charge >= 0.3 is 0 Å². The maximum Gasteiger partial charge on any atom is 0.194 e. The average Bonchev–Trinajstić information content (AvgIpc) is 2.65. The topological polar surface area (TPSA) is 31.5 Å². The molecular formula is C13H9F3O. The Hall–Kier alpha value is -1.81. The van der Waals surface area contributed by atoms with Crippen LogP contribution in [-0.2, 0) is 6.42 Å². The first-order chi connectivity index (χ1) is 7.68. The zero-order chi connectivity index (χ0) is 11.3. The Bertz CT molecular complexity index is 593. The second-order valence-corrected chi connectivity index (χ2v) is 3.85. The van der Waals surface area contributed by atoms with Crippen LogP contribution in [0.5, 0.6) is 0 Å². The quantitative estimate of drug-likeness (QED) is 0.539. The lowest BCUT2D eigenvalue weighted by Crippen LogP contribution is -1.96. The van der Waals surface area contributed by atoms with Gasteiger partial charge in [0, 0.05) is 12.0 Å². The molecule has 0 aromatic heterocycles. The summed E-state index contributed by atoms with van der Waals surface area (Å²) < 4.78 is 39.7. The third kappa shape index (κ3) is 1.52. The molecule has 0 saturated carbocycles. The molecule has 2 aromatic carbocycles. The van der Waals surface area contributed by atoms with E-state index in [1.165, 1.54) is 0 Å². The summed E-state index contributed by atoms with van der Waals surface area (Å²) in [7, 11) is 0. The zero-order valence-electron chi connectivity index (χ0n) is 8.73. The van der Waals surface area contributed by atoms with E-state index in [1.54, 1.807) is 12.1 Å². The fourth-order valence-electron chi connectivity index (χ4n) is 2.17. The second-order valence-electron chi connectivity index (χ2n) is 3.85. The predicted molar refractivity (Wildman–Crippen MR) is 58.2 cm³/mol. The number of fused-ring (bicyclic) bond motifs is 3. The number of hydrogen-bond acceptors (Lipinski definition) is 0. The maximum atomic E-state index is 13.5. The molecule has 2 aromatic rings. The van der Waals surface area contributed by atoms with Crippen molar-refractivity contribution < 1.29 is 18.6 Å². The molecule has 0 heterocycles. The van der Waals surface area contributed by atoms with Crippen LogP contribution in [0.15, 0.2) is 30.3 Å². The molecule has 17 heavy (non-hydrogen) atoms. The smallest absolute Gasteiger partial charge is 0.194 e. The van der Waals surface area contributed by atoms with Gasteiger partial charge in [-0.2, -0.15) is 0 Å². The molecule has 0 atom stereocenters. The minimum atomic E-state index is -1.38. The lowest BCUT2D eigenvalue weighted by molar-refractivity contribution is 0.443. The van der Waals surface area contributed by atoms with Crippen LogP contribution >= 0.6 is 0 Å². The average molecular weight is 238 g/mol. The highest BCUT2D eigenvalue weighted by Crippen LogP contribution is 2.39. The van der Waals surface area contributed by atoms with E-state index in [-0.39, 0.29) is 11.0 Å². The SMILES string of the molecule is Fc1cc2c(c(F)c1F)Cc1ccccc1-2.O. The van der Waals surface area contributed by atoms with Gasteiger partial charge in [-0.25, -0.2) is 13.2 Å². The van der Waals surface area contributed by atoms with E-state index in [0.717, 1.165) is 17.2 Å². The molecule has 0 spiro atoms. The summed E-state index contributed by atoms with van der Waals surface area (Å²) in [4.78, 5) is 0. The first kappa shape index (κ1) is 11.7. The lowest BCUT2D eigenvalue weighted by Gasteiger charge is -2.03. The third-order valence-electron chi connectivity index (χ3n) is 2.94. The summed E-state index contributed by atoms with van der Waals surface area (Å²) in [6.07, 6.45) is 0.328. The molecule has 0 radical (unpaired) electrons. The maximum absolute atomic E-state index is 13.5. The summed E-state index contributed by atoms with van der Waals surface area (Å²) in [5.41, 5.74) is 2.41. The Balaban J connectivity index is 0.00000108. The minimum absolute atomic E-state index is 0. The van der Waals surface area contributed by atoms with Gasteiger partial charge in [-0.15, -0.1) is 0 Å². The predicted octanol–water partition coefficient (Wildman–Crippen LogP) is 2.85. The Labute approximate surface area is 95.8 Å². The van der Waals surface area contributed by atoms with Crippen molar-refractivity contribution in [1.29, 1.82) is 0 Å². The van der Waals surface area contributed by atoms with Crippen molar-refractivity contribution in [3.63, 3.8) is 0 Å². The Morgan fingerprint density at radius 1 is 0.882 bits per heavy atom. The summed E-state index contributed by atoms with van der Waals surface area (Å²) in [6.45, 7) is 0. The largest absolute Gasteiger partial charge is 0.412 e. The fourth-order valence-corrected chi connectivity index (χ4v) is 2.17. The van der Waals surface area contributed by atoms with Gasteiger partial charge in [0.1, 0.15) is 0 Å². The van der Waals surface area contributed by atoms with Crippen molar-refractivity contribution in [3.05, 3.63) is 58.9 Å². The Morgan fingerprint density at radius 2 is 1.59 bits per heavy atom. The summed E-state index contributed by atoms with van der Waals surface area (Å²) in [6, 6.07) is 8.32. The van der Waals surface area contributed by atoms with Crippen molar-refractivity contribution in [2.75, 3.05) is 0 Å². The molecule has 2 N–H and O–H groups in total. The molecule has 0 aliphatic heterocycles. The summed E-state index contributed by atoms with van der Waals surface area (Å²) in [5, 5.41) is 0. The van der Waals surface area contributed by atoms with E-state index in [4.69, 9.17) is 0 Å². The van der Waals surface area contributed by atoms with E-state index in [9.17, 15) is 13.2 Å².